The number of guanidine groups is 1. The number of hydrogen-bond donors (Lipinski definition) is 3. The van der Waals surface area contributed by atoms with Crippen molar-refractivity contribution in [3.63, 3.8) is 0 Å². The molecule has 0 amide bonds. The van der Waals surface area contributed by atoms with Gasteiger partial charge in [0.25, 0.3) is 0 Å². The van der Waals surface area contributed by atoms with Gasteiger partial charge >= 0.3 is 0 Å². The van der Waals surface area contributed by atoms with Crippen molar-refractivity contribution < 1.29 is 0 Å². The average Bonchev–Trinajstić information content (AvgIpc) is 2.29. The molecule has 0 atom stereocenters. The second kappa shape index (κ2) is 6.72. The lowest BCUT2D eigenvalue weighted by atomic mass is 10.1. The first kappa shape index (κ1) is 12.4. The quantitative estimate of drug-likeness (QED) is 0.371. The van der Waals surface area contributed by atoms with Gasteiger partial charge in [-0.2, -0.15) is 10.2 Å². The van der Waals surface area contributed by atoms with Gasteiger partial charge in [-0.15, -0.1) is 10.2 Å². The molecule has 0 heterocycles. The van der Waals surface area contributed by atoms with Gasteiger partial charge in [0.05, 0.1) is 12.4 Å². The zero-order chi connectivity index (χ0) is 12.5. The molecule has 7 heteroatoms. The second-order valence-corrected chi connectivity index (χ2v) is 2.95. The lowest BCUT2D eigenvalue weighted by molar-refractivity contribution is 1.21. The first-order valence-electron chi connectivity index (χ1n) is 4.71. The van der Waals surface area contributed by atoms with Crippen LogP contribution >= 0.6 is 0 Å². The highest BCUT2D eigenvalue weighted by Crippen LogP contribution is 2.01. The van der Waals surface area contributed by atoms with E-state index < -0.39 is 0 Å². The van der Waals surface area contributed by atoms with Crippen LogP contribution in [0.5, 0.6) is 0 Å². The van der Waals surface area contributed by atoms with Crippen LogP contribution in [0.15, 0.2) is 44.7 Å². The second-order valence-electron chi connectivity index (χ2n) is 2.95. The predicted molar refractivity (Wildman–Crippen MR) is 70.1 cm³/mol. The summed E-state index contributed by atoms with van der Waals surface area (Å²) in [4.78, 5) is 0. The molecular formula is C10H13N7. The summed E-state index contributed by atoms with van der Waals surface area (Å²) in [6, 6.07) is 7.42. The van der Waals surface area contributed by atoms with Crippen molar-refractivity contribution in [3.8, 4) is 0 Å². The molecule has 0 aliphatic rings. The highest BCUT2D eigenvalue weighted by molar-refractivity contribution is 5.86. The Bertz CT molecular complexity index is 469. The minimum absolute atomic E-state index is 0.0868. The van der Waals surface area contributed by atoms with Gasteiger partial charge in [0.15, 0.2) is 0 Å². The van der Waals surface area contributed by atoms with Crippen molar-refractivity contribution in [3.05, 3.63) is 35.4 Å². The summed E-state index contributed by atoms with van der Waals surface area (Å²) in [6.45, 7) is 0. The number of nitrogens with zero attached hydrogens (tertiary/aromatic N) is 4. The van der Waals surface area contributed by atoms with Gasteiger partial charge in [0.1, 0.15) is 6.34 Å². The van der Waals surface area contributed by atoms with Gasteiger partial charge in [-0.3, -0.25) is 0 Å². The average molecular weight is 231 g/mol. The minimum atomic E-state index is -0.0868. The molecule has 0 fully saturated rings. The SMILES string of the molecule is NC=N/N=C/c1cccc(/C=N/N=C(N)N)c1. The molecule has 7 nitrogen and oxygen atoms in total. The third kappa shape index (κ3) is 5.07. The molecule has 0 unspecified atom stereocenters. The standard InChI is InChI=1S/C10H13N7/c11-7-16-14-5-8-2-1-3-9(4-8)6-15-17-10(12)13/h1-7H,(H2,11,16)(H4,12,13,17)/b14-5+,15-6+. The summed E-state index contributed by atoms with van der Waals surface area (Å²) in [7, 11) is 0. The van der Waals surface area contributed by atoms with Crippen molar-refractivity contribution in [2.24, 2.45) is 37.6 Å². The maximum absolute atomic E-state index is 5.13. The van der Waals surface area contributed by atoms with E-state index in [1.54, 1.807) is 6.21 Å². The molecule has 17 heavy (non-hydrogen) atoms. The molecule has 0 bridgehead atoms. The van der Waals surface area contributed by atoms with E-state index in [-0.39, 0.29) is 5.96 Å². The Morgan fingerprint density at radius 3 is 2.24 bits per heavy atom. The molecule has 88 valence electrons. The molecular weight excluding hydrogens is 218 g/mol. The molecule has 0 radical (unpaired) electrons. The Kier molecular flexibility index (Phi) is 4.89. The maximum atomic E-state index is 5.13. The predicted octanol–water partition coefficient (Wildman–Crippen LogP) is -0.385. The van der Waals surface area contributed by atoms with Crippen LogP contribution in [-0.2, 0) is 0 Å². The van der Waals surface area contributed by atoms with Gasteiger partial charge in [-0.05, 0) is 17.2 Å². The highest BCUT2D eigenvalue weighted by Gasteiger charge is 1.90. The largest absolute Gasteiger partial charge is 0.388 e. The molecule has 0 aromatic heterocycles. The summed E-state index contributed by atoms with van der Waals surface area (Å²) < 4.78 is 0. The number of hydrogen-bond acceptors (Lipinski definition) is 4. The van der Waals surface area contributed by atoms with Crippen LogP contribution in [0.3, 0.4) is 0 Å². The number of rotatable bonds is 4. The third-order valence-corrected chi connectivity index (χ3v) is 1.63. The first-order chi connectivity index (χ1) is 8.22. The number of benzene rings is 1. The fourth-order valence-electron chi connectivity index (χ4n) is 1.02. The molecule has 1 rings (SSSR count). The van der Waals surface area contributed by atoms with E-state index in [0.29, 0.717) is 0 Å². The molecule has 0 aliphatic heterocycles. The molecule has 1 aromatic carbocycles. The van der Waals surface area contributed by atoms with E-state index in [9.17, 15) is 0 Å². The van der Waals surface area contributed by atoms with Crippen LogP contribution < -0.4 is 17.2 Å². The van der Waals surface area contributed by atoms with E-state index in [0.717, 1.165) is 17.5 Å². The van der Waals surface area contributed by atoms with Gasteiger partial charge in [0.2, 0.25) is 5.96 Å². The van der Waals surface area contributed by atoms with Crippen molar-refractivity contribution >= 4 is 24.7 Å². The summed E-state index contributed by atoms with van der Waals surface area (Å²) in [5.41, 5.74) is 17.0. The summed E-state index contributed by atoms with van der Waals surface area (Å²) in [6.07, 6.45) is 4.21. The van der Waals surface area contributed by atoms with E-state index >= 15 is 0 Å². The summed E-state index contributed by atoms with van der Waals surface area (Å²) in [5.74, 6) is -0.0868. The molecule has 0 saturated heterocycles. The zero-order valence-electron chi connectivity index (χ0n) is 9.06. The topological polar surface area (TPSA) is 127 Å². The first-order valence-corrected chi connectivity index (χ1v) is 4.71. The van der Waals surface area contributed by atoms with Crippen molar-refractivity contribution in [2.45, 2.75) is 0 Å². The van der Waals surface area contributed by atoms with Crippen LogP contribution in [0.1, 0.15) is 11.1 Å². The Morgan fingerprint density at radius 1 is 1.00 bits per heavy atom. The van der Waals surface area contributed by atoms with Crippen LogP contribution in [0, 0.1) is 0 Å². The molecule has 0 spiro atoms. The van der Waals surface area contributed by atoms with E-state index in [1.165, 1.54) is 6.21 Å². The van der Waals surface area contributed by atoms with Gasteiger partial charge in [-0.1, -0.05) is 18.2 Å². The van der Waals surface area contributed by atoms with E-state index in [2.05, 4.69) is 20.4 Å². The van der Waals surface area contributed by atoms with Crippen LogP contribution in [0.4, 0.5) is 0 Å². The van der Waals surface area contributed by atoms with E-state index in [4.69, 9.17) is 17.2 Å². The fraction of sp³-hybridized carbons (Fsp3) is 0. The Balaban J connectivity index is 2.79. The number of nitrogens with two attached hydrogens (primary N) is 3. The summed E-state index contributed by atoms with van der Waals surface area (Å²) >= 11 is 0. The Morgan fingerprint density at radius 2 is 1.65 bits per heavy atom. The maximum Gasteiger partial charge on any atom is 0.211 e. The fourth-order valence-corrected chi connectivity index (χ4v) is 1.02. The monoisotopic (exact) mass is 231 g/mol. The summed E-state index contributed by atoms with van der Waals surface area (Å²) in [5, 5.41) is 14.4. The van der Waals surface area contributed by atoms with Crippen LogP contribution in [0.2, 0.25) is 0 Å². The van der Waals surface area contributed by atoms with Crippen molar-refractivity contribution in [2.75, 3.05) is 0 Å². The highest BCUT2D eigenvalue weighted by atomic mass is 15.3. The smallest absolute Gasteiger partial charge is 0.211 e. The van der Waals surface area contributed by atoms with Gasteiger partial charge in [0, 0.05) is 0 Å². The van der Waals surface area contributed by atoms with Gasteiger partial charge in [-0.25, -0.2) is 0 Å². The molecule has 0 aliphatic carbocycles. The van der Waals surface area contributed by atoms with E-state index in [1.807, 2.05) is 24.3 Å². The van der Waals surface area contributed by atoms with Crippen LogP contribution in [0.25, 0.3) is 0 Å². The lowest BCUT2D eigenvalue weighted by Crippen LogP contribution is -2.21. The lowest BCUT2D eigenvalue weighted by Gasteiger charge is -1.94. The Labute approximate surface area is 98.4 Å². The molecule has 6 N–H and O–H groups in total. The molecule has 0 saturated carbocycles. The normalized spacial score (nSPS) is 11.5. The Hall–Kier alpha value is -2.70. The van der Waals surface area contributed by atoms with Crippen molar-refractivity contribution in [1.82, 2.24) is 0 Å². The van der Waals surface area contributed by atoms with Gasteiger partial charge < -0.3 is 17.2 Å². The van der Waals surface area contributed by atoms with Crippen LogP contribution in [-0.4, -0.2) is 24.7 Å². The minimum Gasteiger partial charge on any atom is -0.388 e. The molecule has 1 aromatic rings. The zero-order valence-corrected chi connectivity index (χ0v) is 9.06. The van der Waals surface area contributed by atoms with Crippen molar-refractivity contribution in [1.29, 1.82) is 0 Å². The third-order valence-electron chi connectivity index (χ3n) is 1.63.